The van der Waals surface area contributed by atoms with Crippen molar-refractivity contribution in [2.75, 3.05) is 0 Å². The van der Waals surface area contributed by atoms with Crippen molar-refractivity contribution in [2.24, 2.45) is 0 Å². The lowest BCUT2D eigenvalue weighted by atomic mass is 10.00. The van der Waals surface area contributed by atoms with Gasteiger partial charge in [0.15, 0.2) is 0 Å². The van der Waals surface area contributed by atoms with E-state index >= 15 is 0 Å². The minimum Gasteiger partial charge on any atom is -0.383 e. The summed E-state index contributed by atoms with van der Waals surface area (Å²) in [6.07, 6.45) is -2.00. The zero-order valence-electron chi connectivity index (χ0n) is 9.60. The van der Waals surface area contributed by atoms with Gasteiger partial charge in [0, 0.05) is 5.56 Å². The van der Waals surface area contributed by atoms with Crippen molar-refractivity contribution in [3.05, 3.63) is 68.2 Å². The molecule has 1 unspecified atom stereocenters. The van der Waals surface area contributed by atoms with Gasteiger partial charge in [0.1, 0.15) is 29.4 Å². The van der Waals surface area contributed by atoms with Gasteiger partial charge < -0.3 is 5.11 Å². The third-order valence-electron chi connectivity index (χ3n) is 2.69. The van der Waals surface area contributed by atoms with Crippen molar-refractivity contribution >= 4 is 27.5 Å². The molecule has 20 heavy (non-hydrogen) atoms. The fourth-order valence-electron chi connectivity index (χ4n) is 1.70. The Morgan fingerprint density at radius 1 is 1.00 bits per heavy atom. The van der Waals surface area contributed by atoms with Crippen LogP contribution in [0.1, 0.15) is 17.2 Å². The monoisotopic (exact) mass is 368 g/mol. The first-order chi connectivity index (χ1) is 9.32. The number of rotatable bonds is 2. The smallest absolute Gasteiger partial charge is 0.146 e. The largest absolute Gasteiger partial charge is 0.383 e. The second kappa shape index (κ2) is 5.71. The number of aliphatic hydroxyl groups excluding tert-OH is 1. The molecule has 0 aliphatic heterocycles. The van der Waals surface area contributed by atoms with Crippen molar-refractivity contribution in [1.29, 1.82) is 0 Å². The van der Waals surface area contributed by atoms with E-state index in [0.717, 1.165) is 12.1 Å². The molecule has 1 N–H and O–H groups in total. The average Bonchev–Trinajstić information content (AvgIpc) is 2.38. The van der Waals surface area contributed by atoms with E-state index in [1.807, 2.05) is 0 Å². The quantitative estimate of drug-likeness (QED) is 0.599. The summed E-state index contributed by atoms with van der Waals surface area (Å²) in [7, 11) is 0. The van der Waals surface area contributed by atoms with Gasteiger partial charge in [-0.3, -0.25) is 0 Å². The highest BCUT2D eigenvalue weighted by atomic mass is 79.9. The summed E-state index contributed by atoms with van der Waals surface area (Å²) in [4.78, 5) is 0. The van der Waals surface area contributed by atoms with Crippen LogP contribution in [0.25, 0.3) is 0 Å². The maximum Gasteiger partial charge on any atom is 0.146 e. The SMILES string of the molecule is OC(c1cc(F)c(Cl)cc1F)c1c(F)ccc(Br)c1F. The van der Waals surface area contributed by atoms with Crippen LogP contribution in [-0.2, 0) is 0 Å². The van der Waals surface area contributed by atoms with E-state index in [2.05, 4.69) is 15.9 Å². The number of hydrogen-bond acceptors (Lipinski definition) is 1. The van der Waals surface area contributed by atoms with Crippen LogP contribution in [0, 0.1) is 23.3 Å². The summed E-state index contributed by atoms with van der Waals surface area (Å²) in [5.74, 6) is -4.24. The van der Waals surface area contributed by atoms with E-state index in [1.165, 1.54) is 0 Å². The third-order valence-corrected chi connectivity index (χ3v) is 3.59. The van der Waals surface area contributed by atoms with Crippen LogP contribution in [0.4, 0.5) is 17.6 Å². The number of halogens is 6. The highest BCUT2D eigenvalue weighted by molar-refractivity contribution is 9.10. The summed E-state index contributed by atoms with van der Waals surface area (Å²) in [5.41, 5.74) is -1.39. The predicted octanol–water partition coefficient (Wildman–Crippen LogP) is 4.74. The first-order valence-electron chi connectivity index (χ1n) is 5.28. The Morgan fingerprint density at radius 2 is 1.65 bits per heavy atom. The molecule has 0 spiro atoms. The van der Waals surface area contributed by atoms with Crippen LogP contribution in [-0.4, -0.2) is 5.11 Å². The van der Waals surface area contributed by atoms with E-state index < -0.39 is 45.5 Å². The molecule has 0 saturated carbocycles. The number of benzene rings is 2. The molecular formula is C13H6BrClF4O. The van der Waals surface area contributed by atoms with Crippen LogP contribution in [0.15, 0.2) is 28.7 Å². The van der Waals surface area contributed by atoms with E-state index in [4.69, 9.17) is 11.6 Å². The Morgan fingerprint density at radius 3 is 2.30 bits per heavy atom. The zero-order valence-corrected chi connectivity index (χ0v) is 11.9. The lowest BCUT2D eigenvalue weighted by Crippen LogP contribution is -2.09. The van der Waals surface area contributed by atoms with Crippen LogP contribution in [0.5, 0.6) is 0 Å². The summed E-state index contributed by atoms with van der Waals surface area (Å²) < 4.78 is 54.3. The molecule has 0 fully saturated rings. The van der Waals surface area contributed by atoms with E-state index in [-0.39, 0.29) is 4.47 Å². The highest BCUT2D eigenvalue weighted by Crippen LogP contribution is 2.33. The first-order valence-corrected chi connectivity index (χ1v) is 6.46. The van der Waals surface area contributed by atoms with Crippen molar-refractivity contribution < 1.29 is 22.7 Å². The molecule has 0 radical (unpaired) electrons. The van der Waals surface area contributed by atoms with Gasteiger partial charge in [-0.15, -0.1) is 0 Å². The van der Waals surface area contributed by atoms with E-state index in [0.29, 0.717) is 12.1 Å². The second-order valence-corrected chi connectivity index (χ2v) is 5.21. The van der Waals surface area contributed by atoms with Crippen molar-refractivity contribution in [3.63, 3.8) is 0 Å². The molecule has 0 saturated heterocycles. The van der Waals surface area contributed by atoms with Gasteiger partial charge in [-0.1, -0.05) is 11.6 Å². The number of hydrogen-bond donors (Lipinski definition) is 1. The van der Waals surface area contributed by atoms with Gasteiger partial charge in [-0.25, -0.2) is 17.6 Å². The summed E-state index contributed by atoms with van der Waals surface area (Å²) >= 11 is 8.20. The fourth-order valence-corrected chi connectivity index (χ4v) is 2.19. The van der Waals surface area contributed by atoms with Crippen molar-refractivity contribution in [1.82, 2.24) is 0 Å². The molecule has 0 heterocycles. The highest BCUT2D eigenvalue weighted by Gasteiger charge is 2.25. The lowest BCUT2D eigenvalue weighted by molar-refractivity contribution is 0.203. The van der Waals surface area contributed by atoms with Gasteiger partial charge in [0.25, 0.3) is 0 Å². The van der Waals surface area contributed by atoms with E-state index in [1.54, 1.807) is 0 Å². The predicted molar refractivity (Wildman–Crippen MR) is 69.5 cm³/mol. The molecule has 0 aromatic heterocycles. The molecule has 0 aliphatic rings. The zero-order chi connectivity index (χ0) is 15.0. The molecule has 2 aromatic carbocycles. The van der Waals surface area contributed by atoms with Crippen LogP contribution >= 0.6 is 27.5 Å². The topological polar surface area (TPSA) is 20.2 Å². The van der Waals surface area contributed by atoms with Crippen LogP contribution in [0.2, 0.25) is 5.02 Å². The summed E-state index contributed by atoms with van der Waals surface area (Å²) in [5, 5.41) is 9.43. The van der Waals surface area contributed by atoms with Gasteiger partial charge in [0.2, 0.25) is 0 Å². The maximum atomic E-state index is 13.8. The Hall–Kier alpha value is -1.11. The maximum absolute atomic E-state index is 13.8. The molecule has 106 valence electrons. The number of aliphatic hydroxyl groups is 1. The molecule has 2 aromatic rings. The standard InChI is InChI=1S/C13H6BrClF4O/c14-6-1-2-8(16)11(12(6)19)13(20)5-3-10(18)7(15)4-9(5)17/h1-4,13,20H. The van der Waals surface area contributed by atoms with Crippen molar-refractivity contribution in [3.8, 4) is 0 Å². The molecule has 1 atom stereocenters. The Balaban J connectivity index is 2.60. The molecule has 7 heteroatoms. The van der Waals surface area contributed by atoms with E-state index in [9.17, 15) is 22.7 Å². The molecule has 0 bridgehead atoms. The van der Waals surface area contributed by atoms with Gasteiger partial charge >= 0.3 is 0 Å². The van der Waals surface area contributed by atoms with Gasteiger partial charge in [0.05, 0.1) is 15.1 Å². The first kappa shape index (κ1) is 15.3. The Bertz CT molecular complexity index is 678. The molecule has 0 amide bonds. The minimum absolute atomic E-state index is 0.109. The lowest BCUT2D eigenvalue weighted by Gasteiger charge is -2.15. The molecule has 2 rings (SSSR count). The molecule has 0 aliphatic carbocycles. The minimum atomic E-state index is -2.00. The Kier molecular flexibility index (Phi) is 4.36. The molecule has 1 nitrogen and oxygen atoms in total. The van der Waals surface area contributed by atoms with Crippen molar-refractivity contribution in [2.45, 2.75) is 6.10 Å². The van der Waals surface area contributed by atoms with Crippen LogP contribution < -0.4 is 0 Å². The van der Waals surface area contributed by atoms with Gasteiger partial charge in [-0.2, -0.15) is 0 Å². The Labute approximate surface area is 124 Å². The van der Waals surface area contributed by atoms with Crippen LogP contribution in [0.3, 0.4) is 0 Å². The normalized spacial score (nSPS) is 12.6. The second-order valence-electron chi connectivity index (χ2n) is 3.95. The van der Waals surface area contributed by atoms with Gasteiger partial charge in [-0.05, 0) is 40.2 Å². The summed E-state index contributed by atoms with van der Waals surface area (Å²) in [6, 6.07) is 3.22. The fraction of sp³-hybridized carbons (Fsp3) is 0.0769. The third kappa shape index (κ3) is 2.68. The summed E-state index contributed by atoms with van der Waals surface area (Å²) in [6.45, 7) is 0. The molecular weight excluding hydrogens is 363 g/mol. The average molecular weight is 370 g/mol.